The molecule has 1 aliphatic carbocycles. The van der Waals surface area contributed by atoms with E-state index in [1.165, 1.54) is 0 Å². The third-order valence-corrected chi connectivity index (χ3v) is 4.33. The molecule has 1 heterocycles. The summed E-state index contributed by atoms with van der Waals surface area (Å²) in [6.07, 6.45) is -4.65. The van der Waals surface area contributed by atoms with E-state index in [0.717, 1.165) is 12.2 Å². The van der Waals surface area contributed by atoms with Crippen LogP contribution in [0.25, 0.3) is 0 Å². The van der Waals surface area contributed by atoms with Gasteiger partial charge in [0.1, 0.15) is 6.10 Å². The lowest BCUT2D eigenvalue weighted by Crippen LogP contribution is -2.49. The molecular formula is C17H16ClF4NO. The zero-order chi connectivity index (χ0) is 17.4. The lowest BCUT2D eigenvalue weighted by Gasteiger charge is -2.35. The molecular weight excluding hydrogens is 346 g/mol. The second-order valence-electron chi connectivity index (χ2n) is 5.91. The topological polar surface area (TPSA) is 21.3 Å². The fourth-order valence-corrected chi connectivity index (χ4v) is 2.93. The van der Waals surface area contributed by atoms with Crippen LogP contribution in [0.1, 0.15) is 18.1 Å². The first kappa shape index (κ1) is 17.5. The van der Waals surface area contributed by atoms with Gasteiger partial charge in [-0.15, -0.1) is 0 Å². The average Bonchev–Trinajstić information content (AvgIpc) is 2.46. The summed E-state index contributed by atoms with van der Waals surface area (Å²) < 4.78 is 60.2. The molecule has 2 unspecified atom stereocenters. The highest BCUT2D eigenvalue weighted by molar-refractivity contribution is 6.24. The van der Waals surface area contributed by atoms with E-state index >= 15 is 0 Å². The third kappa shape index (κ3) is 3.82. The minimum Gasteiger partial charge on any atom is -0.363 e. The summed E-state index contributed by atoms with van der Waals surface area (Å²) in [7, 11) is 0. The van der Waals surface area contributed by atoms with Crippen LogP contribution < -0.4 is 5.32 Å². The van der Waals surface area contributed by atoms with Gasteiger partial charge < -0.3 is 10.1 Å². The van der Waals surface area contributed by atoms with Gasteiger partial charge in [0.05, 0.1) is 6.10 Å². The van der Waals surface area contributed by atoms with Crippen LogP contribution in [0, 0.1) is 0 Å². The number of halogens is 5. The minimum absolute atomic E-state index is 0.0884. The molecule has 130 valence electrons. The van der Waals surface area contributed by atoms with Crippen molar-refractivity contribution in [3.8, 4) is 0 Å². The van der Waals surface area contributed by atoms with Gasteiger partial charge in [-0.25, -0.2) is 4.39 Å². The number of ether oxygens (including phenoxy) is 1. The van der Waals surface area contributed by atoms with Crippen LogP contribution in [0.15, 0.2) is 53.6 Å². The van der Waals surface area contributed by atoms with Gasteiger partial charge in [-0.1, -0.05) is 48.0 Å². The van der Waals surface area contributed by atoms with Gasteiger partial charge in [0, 0.05) is 25.1 Å². The van der Waals surface area contributed by atoms with Crippen molar-refractivity contribution in [3.05, 3.63) is 59.2 Å². The summed E-state index contributed by atoms with van der Waals surface area (Å²) in [6.45, 7) is 1.15. The SMILES string of the molecule is FC1(Cl)C=CC(C(OC2CNC2)c2ccccc2)=C(C(F)(F)F)C1. The number of rotatable bonds is 4. The van der Waals surface area contributed by atoms with Crippen molar-refractivity contribution in [1.82, 2.24) is 5.32 Å². The Morgan fingerprint density at radius 1 is 1.21 bits per heavy atom. The van der Waals surface area contributed by atoms with Crippen molar-refractivity contribution < 1.29 is 22.3 Å². The van der Waals surface area contributed by atoms with Crippen molar-refractivity contribution in [1.29, 1.82) is 0 Å². The van der Waals surface area contributed by atoms with Crippen LogP contribution in [0.4, 0.5) is 17.6 Å². The maximum atomic E-state index is 13.9. The molecule has 1 aromatic carbocycles. The van der Waals surface area contributed by atoms with Gasteiger partial charge in [-0.2, -0.15) is 13.2 Å². The summed E-state index contributed by atoms with van der Waals surface area (Å²) in [5.41, 5.74) is -0.482. The molecule has 2 atom stereocenters. The number of benzene rings is 1. The van der Waals surface area contributed by atoms with E-state index in [2.05, 4.69) is 5.32 Å². The van der Waals surface area contributed by atoms with Crippen molar-refractivity contribution in [2.24, 2.45) is 0 Å². The molecule has 1 N–H and O–H groups in total. The van der Waals surface area contributed by atoms with Crippen LogP contribution in [-0.4, -0.2) is 30.5 Å². The maximum Gasteiger partial charge on any atom is 0.413 e. The van der Waals surface area contributed by atoms with E-state index in [1.807, 2.05) is 0 Å². The summed E-state index contributed by atoms with van der Waals surface area (Å²) in [6, 6.07) is 8.62. The summed E-state index contributed by atoms with van der Waals surface area (Å²) in [5, 5.41) is 0.479. The van der Waals surface area contributed by atoms with Gasteiger partial charge in [0.15, 0.2) is 0 Å². The van der Waals surface area contributed by atoms with Crippen LogP contribution in [-0.2, 0) is 4.74 Å². The number of nitrogens with one attached hydrogen (secondary N) is 1. The molecule has 1 aliphatic heterocycles. The molecule has 2 aliphatic rings. The van der Waals surface area contributed by atoms with Crippen LogP contribution >= 0.6 is 11.6 Å². The highest BCUT2D eigenvalue weighted by Gasteiger charge is 2.45. The zero-order valence-electron chi connectivity index (χ0n) is 12.6. The Morgan fingerprint density at radius 3 is 2.42 bits per heavy atom. The first-order valence-corrected chi connectivity index (χ1v) is 7.92. The average molecular weight is 362 g/mol. The Balaban J connectivity index is 2.03. The van der Waals surface area contributed by atoms with Crippen molar-refractivity contribution in [2.75, 3.05) is 13.1 Å². The first-order valence-electron chi connectivity index (χ1n) is 7.55. The zero-order valence-corrected chi connectivity index (χ0v) is 13.4. The largest absolute Gasteiger partial charge is 0.413 e. The molecule has 3 rings (SSSR count). The van der Waals surface area contributed by atoms with E-state index in [4.69, 9.17) is 16.3 Å². The van der Waals surface area contributed by atoms with Crippen LogP contribution in [0.3, 0.4) is 0 Å². The molecule has 0 radical (unpaired) electrons. The predicted molar refractivity (Wildman–Crippen MR) is 83.5 cm³/mol. The summed E-state index contributed by atoms with van der Waals surface area (Å²) >= 11 is 5.49. The predicted octanol–water partition coefficient (Wildman–Crippen LogP) is 4.44. The molecule has 0 saturated carbocycles. The van der Waals surface area contributed by atoms with Crippen molar-refractivity contribution in [3.63, 3.8) is 0 Å². The van der Waals surface area contributed by atoms with Crippen molar-refractivity contribution in [2.45, 2.75) is 29.9 Å². The van der Waals surface area contributed by atoms with Crippen LogP contribution in [0.5, 0.6) is 0 Å². The lowest BCUT2D eigenvalue weighted by molar-refractivity contribution is -0.0996. The highest BCUT2D eigenvalue weighted by Crippen LogP contribution is 2.46. The number of hydrogen-bond acceptors (Lipinski definition) is 2. The second-order valence-corrected chi connectivity index (χ2v) is 6.54. The van der Waals surface area contributed by atoms with Gasteiger partial charge in [-0.3, -0.25) is 0 Å². The Morgan fingerprint density at radius 2 is 1.88 bits per heavy atom. The molecule has 0 amide bonds. The molecule has 7 heteroatoms. The monoisotopic (exact) mass is 361 g/mol. The maximum absolute atomic E-state index is 13.9. The van der Waals surface area contributed by atoms with Gasteiger partial charge in [-0.05, 0) is 17.2 Å². The molecule has 1 fully saturated rings. The molecule has 2 nitrogen and oxygen atoms in total. The Hall–Kier alpha value is -1.37. The van der Waals surface area contributed by atoms with Gasteiger partial charge >= 0.3 is 6.18 Å². The molecule has 1 aromatic rings. The molecule has 0 bridgehead atoms. The Bertz CT molecular complexity index is 650. The molecule has 1 saturated heterocycles. The standard InChI is InChI=1S/C17H16ClF4NO/c18-16(19)7-6-13(14(8-16)17(20,21)22)15(24-12-9-23-10-12)11-4-2-1-3-5-11/h1-7,12,15,23H,8-10H2. The van der Waals surface area contributed by atoms with Gasteiger partial charge in [0.25, 0.3) is 0 Å². The normalized spacial score (nSPS) is 26.4. The minimum atomic E-state index is -4.68. The first-order chi connectivity index (χ1) is 11.3. The van der Waals surface area contributed by atoms with Crippen molar-refractivity contribution >= 4 is 11.6 Å². The second kappa shape index (κ2) is 6.50. The number of allylic oxidation sites excluding steroid dienone is 2. The fraction of sp³-hybridized carbons (Fsp3) is 0.412. The third-order valence-electron chi connectivity index (χ3n) is 4.07. The smallest absolute Gasteiger partial charge is 0.363 e. The summed E-state index contributed by atoms with van der Waals surface area (Å²) in [4.78, 5) is 0. The quantitative estimate of drug-likeness (QED) is 0.632. The molecule has 0 aromatic heterocycles. The van der Waals surface area contributed by atoms with Crippen LogP contribution in [0.2, 0.25) is 0 Å². The molecule has 0 spiro atoms. The number of hydrogen-bond donors (Lipinski definition) is 1. The molecule has 24 heavy (non-hydrogen) atoms. The van der Waals surface area contributed by atoms with E-state index < -0.39 is 29.4 Å². The lowest BCUT2D eigenvalue weighted by atomic mass is 9.89. The fourth-order valence-electron chi connectivity index (χ4n) is 2.73. The van der Waals surface area contributed by atoms with E-state index in [-0.39, 0.29) is 11.7 Å². The van der Waals surface area contributed by atoms with E-state index in [1.54, 1.807) is 30.3 Å². The van der Waals surface area contributed by atoms with E-state index in [9.17, 15) is 17.6 Å². The Labute approximate surface area is 142 Å². The van der Waals surface area contributed by atoms with Gasteiger partial charge in [0.2, 0.25) is 5.13 Å². The van der Waals surface area contributed by atoms with E-state index in [0.29, 0.717) is 18.7 Å². The summed E-state index contributed by atoms with van der Waals surface area (Å²) in [5.74, 6) is 0. The highest BCUT2D eigenvalue weighted by atomic mass is 35.5. The number of alkyl halides is 5. The Kier molecular flexibility index (Phi) is 4.73.